The summed E-state index contributed by atoms with van der Waals surface area (Å²) in [5, 5.41) is 16.2. The van der Waals surface area contributed by atoms with Crippen LogP contribution in [0, 0.1) is 11.8 Å². The van der Waals surface area contributed by atoms with Gasteiger partial charge in [-0.3, -0.25) is 14.4 Å². The first-order chi connectivity index (χ1) is 16.3. The van der Waals surface area contributed by atoms with Crippen molar-refractivity contribution in [1.29, 1.82) is 0 Å². The van der Waals surface area contributed by atoms with Gasteiger partial charge in [-0.2, -0.15) is 0 Å². The summed E-state index contributed by atoms with van der Waals surface area (Å²) in [6.45, 7) is 3.79. The number of amides is 3. The highest BCUT2D eigenvalue weighted by Crippen LogP contribution is 2.67. The Kier molecular flexibility index (Phi) is 7.64. The van der Waals surface area contributed by atoms with Crippen LogP contribution in [0.1, 0.15) is 38.7 Å². The van der Waals surface area contributed by atoms with E-state index in [9.17, 15) is 19.5 Å². The van der Waals surface area contributed by atoms with Crippen molar-refractivity contribution >= 4 is 45.4 Å². The molecule has 0 aromatic heterocycles. The molecule has 3 aliphatic rings. The van der Waals surface area contributed by atoms with Crippen LogP contribution in [-0.2, 0) is 20.8 Å². The predicted molar refractivity (Wildman–Crippen MR) is 137 cm³/mol. The smallest absolute Gasteiger partial charge is 0.244 e. The average Bonchev–Trinajstić information content (AvgIpc) is 3.41. The van der Waals surface area contributed by atoms with Crippen LogP contribution in [0.15, 0.2) is 30.3 Å². The minimum absolute atomic E-state index is 0.0234. The van der Waals surface area contributed by atoms with Gasteiger partial charge in [-0.25, -0.2) is 0 Å². The number of benzene rings is 1. The summed E-state index contributed by atoms with van der Waals surface area (Å²) < 4.78 is -0.701. The number of aliphatic hydroxyl groups excluding tert-OH is 1. The molecule has 0 saturated carbocycles. The number of nitrogens with zero attached hydrogens (tertiary/aromatic N) is 1. The first kappa shape index (κ1) is 25.5. The molecule has 4 unspecified atom stereocenters. The van der Waals surface area contributed by atoms with Crippen molar-refractivity contribution in [2.75, 3.05) is 13.7 Å². The Labute approximate surface area is 213 Å². The maximum atomic E-state index is 14.1. The molecule has 1 aromatic rings. The third-order valence-corrected chi connectivity index (χ3v) is 10.8. The van der Waals surface area contributed by atoms with Gasteiger partial charge in [0.25, 0.3) is 0 Å². The predicted octanol–water partition coefficient (Wildman–Crippen LogP) is 2.11. The van der Waals surface area contributed by atoms with E-state index in [-0.39, 0.29) is 40.4 Å². The lowest BCUT2D eigenvalue weighted by molar-refractivity contribution is -0.142. The van der Waals surface area contributed by atoms with E-state index in [1.54, 1.807) is 23.7 Å². The first-order valence-corrected chi connectivity index (χ1v) is 13.9. The molecule has 0 radical (unpaired) electrons. The van der Waals surface area contributed by atoms with Gasteiger partial charge in [-0.1, -0.05) is 59.6 Å². The Morgan fingerprint density at radius 3 is 2.62 bits per heavy atom. The highest BCUT2D eigenvalue weighted by molar-refractivity contribution is 9.09. The van der Waals surface area contributed by atoms with Crippen LogP contribution in [0.4, 0.5) is 0 Å². The molecule has 4 rings (SSSR count). The van der Waals surface area contributed by atoms with Crippen LogP contribution in [0.2, 0.25) is 0 Å². The lowest BCUT2D eigenvalue weighted by atomic mass is 9.70. The quantitative estimate of drug-likeness (QED) is 0.408. The number of carbonyl (C=O) groups excluding carboxylic acids is 3. The van der Waals surface area contributed by atoms with Crippen molar-refractivity contribution in [2.45, 2.75) is 72.5 Å². The molecule has 3 saturated heterocycles. The van der Waals surface area contributed by atoms with Gasteiger partial charge in [0.1, 0.15) is 6.04 Å². The Morgan fingerprint density at radius 2 is 2.00 bits per heavy atom. The topological polar surface area (TPSA) is 98.7 Å². The van der Waals surface area contributed by atoms with Crippen LogP contribution in [0.5, 0.6) is 0 Å². The fourth-order valence-electron chi connectivity index (χ4n) is 6.19. The zero-order valence-corrected chi connectivity index (χ0v) is 22.3. The number of fused-ring (bicyclic) bond motifs is 1. The van der Waals surface area contributed by atoms with Gasteiger partial charge in [-0.05, 0) is 31.7 Å². The van der Waals surface area contributed by atoms with Gasteiger partial charge in [0.05, 0.1) is 29.2 Å². The summed E-state index contributed by atoms with van der Waals surface area (Å²) in [6.07, 6.45) is 2.85. The third kappa shape index (κ3) is 4.17. The van der Waals surface area contributed by atoms with Gasteiger partial charge in [-0.15, -0.1) is 11.8 Å². The van der Waals surface area contributed by atoms with E-state index in [2.05, 4.69) is 33.5 Å². The normalized spacial score (nSPS) is 33.5. The van der Waals surface area contributed by atoms with E-state index >= 15 is 0 Å². The number of rotatable bonds is 9. The number of halogens is 1. The summed E-state index contributed by atoms with van der Waals surface area (Å²) in [7, 11) is 1.59. The zero-order chi connectivity index (χ0) is 24.6. The second kappa shape index (κ2) is 10.2. The summed E-state index contributed by atoms with van der Waals surface area (Å²) in [6, 6.07) is 8.38. The van der Waals surface area contributed by atoms with Crippen LogP contribution < -0.4 is 10.6 Å². The van der Waals surface area contributed by atoms with Crippen LogP contribution in [0.25, 0.3) is 0 Å². The molecular formula is C25H34BrN3O4S. The molecule has 3 amide bonds. The number of aliphatic hydroxyl groups is 1. The molecule has 3 N–H and O–H groups in total. The minimum Gasteiger partial charge on any atom is -0.394 e. The molecule has 186 valence electrons. The number of alkyl halides is 1. The second-order valence-electron chi connectivity index (χ2n) is 9.75. The molecule has 3 heterocycles. The monoisotopic (exact) mass is 551 g/mol. The maximum Gasteiger partial charge on any atom is 0.244 e. The SMILES string of the molecule is CCCC(C)NC(=O)C1N([C@@H](CO)Cc2ccccc2)C(=O)[C@@H]2[C@H](C(=O)NC)[C@H]3SC12CC3Br. The van der Waals surface area contributed by atoms with Gasteiger partial charge in [0, 0.05) is 23.2 Å². The number of thioether (sulfide) groups is 1. The highest BCUT2D eigenvalue weighted by atomic mass is 79.9. The fourth-order valence-corrected chi connectivity index (χ4v) is 9.79. The van der Waals surface area contributed by atoms with E-state index in [4.69, 9.17) is 0 Å². The molecule has 8 atom stereocenters. The summed E-state index contributed by atoms with van der Waals surface area (Å²) in [5.41, 5.74) is 0.987. The number of likely N-dealkylation sites (tertiary alicyclic amines) is 1. The molecule has 1 spiro atoms. The Bertz CT molecular complexity index is 934. The van der Waals surface area contributed by atoms with E-state index in [0.29, 0.717) is 12.8 Å². The molecule has 7 nitrogen and oxygen atoms in total. The van der Waals surface area contributed by atoms with Gasteiger partial charge >= 0.3 is 0 Å². The molecule has 3 aliphatic heterocycles. The summed E-state index contributed by atoms with van der Waals surface area (Å²) in [4.78, 5) is 42.5. The largest absolute Gasteiger partial charge is 0.394 e. The second-order valence-corrected chi connectivity index (χ2v) is 12.5. The van der Waals surface area contributed by atoms with Crippen LogP contribution in [-0.4, -0.2) is 74.3 Å². The van der Waals surface area contributed by atoms with Gasteiger partial charge < -0.3 is 20.6 Å². The Hall–Kier alpha value is -1.58. The zero-order valence-electron chi connectivity index (χ0n) is 19.9. The molecule has 34 heavy (non-hydrogen) atoms. The molecule has 2 bridgehead atoms. The average molecular weight is 553 g/mol. The maximum absolute atomic E-state index is 14.1. The minimum atomic E-state index is -0.741. The number of hydrogen-bond acceptors (Lipinski definition) is 5. The molecular weight excluding hydrogens is 518 g/mol. The van der Waals surface area contributed by atoms with E-state index in [1.165, 1.54) is 0 Å². The van der Waals surface area contributed by atoms with Crippen molar-refractivity contribution in [2.24, 2.45) is 11.8 Å². The van der Waals surface area contributed by atoms with E-state index < -0.39 is 28.7 Å². The number of hydrogen-bond donors (Lipinski definition) is 3. The Morgan fingerprint density at radius 1 is 1.29 bits per heavy atom. The van der Waals surface area contributed by atoms with Crippen molar-refractivity contribution in [1.82, 2.24) is 15.5 Å². The van der Waals surface area contributed by atoms with Crippen LogP contribution in [0.3, 0.4) is 0 Å². The van der Waals surface area contributed by atoms with Crippen molar-refractivity contribution < 1.29 is 19.5 Å². The number of nitrogens with one attached hydrogen (secondary N) is 2. The van der Waals surface area contributed by atoms with E-state index in [0.717, 1.165) is 18.4 Å². The van der Waals surface area contributed by atoms with E-state index in [1.807, 2.05) is 37.3 Å². The Balaban J connectivity index is 1.75. The lowest BCUT2D eigenvalue weighted by Crippen LogP contribution is -2.58. The summed E-state index contributed by atoms with van der Waals surface area (Å²) in [5.74, 6) is -1.64. The van der Waals surface area contributed by atoms with Crippen molar-refractivity contribution in [3.8, 4) is 0 Å². The number of carbonyl (C=O) groups is 3. The van der Waals surface area contributed by atoms with Gasteiger partial charge in [0.15, 0.2) is 0 Å². The first-order valence-electron chi connectivity index (χ1n) is 12.1. The van der Waals surface area contributed by atoms with Crippen molar-refractivity contribution in [3.63, 3.8) is 0 Å². The fraction of sp³-hybridized carbons (Fsp3) is 0.640. The lowest BCUT2D eigenvalue weighted by Gasteiger charge is -2.38. The standard InChI is InChI=1S/C25H34BrN3O4S/c1-4-8-14(2)28-23(32)21-25-12-17(26)20(34-25)18(22(31)27-3)19(25)24(33)29(21)16(13-30)11-15-9-6-5-7-10-15/h5-7,9-10,14,16-21,30H,4,8,11-13H2,1-3H3,(H,27,31)(H,28,32)/t14?,16-,17?,18+,19+,20+,21?,25?/m1/s1. The van der Waals surface area contributed by atoms with Crippen molar-refractivity contribution in [3.05, 3.63) is 35.9 Å². The van der Waals surface area contributed by atoms with Gasteiger partial charge in [0.2, 0.25) is 17.7 Å². The molecule has 1 aromatic carbocycles. The third-order valence-electron chi connectivity index (χ3n) is 7.55. The molecule has 9 heteroatoms. The van der Waals surface area contributed by atoms with Crippen LogP contribution >= 0.6 is 27.7 Å². The molecule has 3 fully saturated rings. The molecule has 0 aliphatic carbocycles. The summed E-state index contributed by atoms with van der Waals surface area (Å²) >= 11 is 5.37. The highest BCUT2D eigenvalue weighted by Gasteiger charge is 2.76.